The van der Waals surface area contributed by atoms with Gasteiger partial charge in [0.05, 0.1) is 18.7 Å². The van der Waals surface area contributed by atoms with Gasteiger partial charge in [-0.05, 0) is 42.9 Å². The molecule has 0 spiro atoms. The van der Waals surface area contributed by atoms with Gasteiger partial charge in [-0.3, -0.25) is 9.55 Å². The molecule has 0 saturated heterocycles. The molecule has 3 heterocycles. The topological polar surface area (TPSA) is 66.7 Å². The Labute approximate surface area is 120 Å². The van der Waals surface area contributed by atoms with E-state index in [1.54, 1.807) is 12.4 Å². The van der Waals surface area contributed by atoms with Crippen molar-refractivity contribution in [2.45, 2.75) is 13.5 Å². The summed E-state index contributed by atoms with van der Waals surface area (Å²) in [6, 6.07) is 5.95. The maximum atomic E-state index is 9.11. The molecule has 0 aliphatic heterocycles. The zero-order chi connectivity index (χ0) is 14.1. The lowest BCUT2D eigenvalue weighted by molar-refractivity contribution is 0.277. The van der Waals surface area contributed by atoms with Crippen LogP contribution in [0.5, 0.6) is 0 Å². The summed E-state index contributed by atoms with van der Waals surface area (Å²) in [4.78, 5) is 11.8. The molecule has 0 aliphatic carbocycles. The van der Waals surface area contributed by atoms with Crippen LogP contribution in [0, 0.1) is 11.7 Å². The second-order valence-corrected chi connectivity index (χ2v) is 4.92. The summed E-state index contributed by atoms with van der Waals surface area (Å²) in [6.07, 6.45) is 3.52. The zero-order valence-electron chi connectivity index (χ0n) is 11.0. The molecule has 0 aliphatic rings. The van der Waals surface area contributed by atoms with Crippen LogP contribution in [0.15, 0.2) is 30.6 Å². The first-order chi connectivity index (χ1) is 9.70. The monoisotopic (exact) mass is 286 g/mol. The smallest absolute Gasteiger partial charge is 0.179 e. The van der Waals surface area contributed by atoms with Crippen molar-refractivity contribution in [2.75, 3.05) is 6.61 Å². The van der Waals surface area contributed by atoms with Crippen LogP contribution in [0.4, 0.5) is 0 Å². The van der Waals surface area contributed by atoms with E-state index >= 15 is 0 Å². The van der Waals surface area contributed by atoms with Crippen LogP contribution < -0.4 is 0 Å². The van der Waals surface area contributed by atoms with Crippen LogP contribution in [0.3, 0.4) is 0 Å². The van der Waals surface area contributed by atoms with Gasteiger partial charge in [0.15, 0.2) is 10.4 Å². The molecular weight excluding hydrogens is 272 g/mol. The first kappa shape index (κ1) is 13.0. The highest BCUT2D eigenvalue weighted by molar-refractivity contribution is 7.71. The Balaban J connectivity index is 2.23. The predicted molar refractivity (Wildman–Crippen MR) is 80.0 cm³/mol. The summed E-state index contributed by atoms with van der Waals surface area (Å²) >= 11 is 5.27. The molecule has 3 rings (SSSR count). The highest BCUT2D eigenvalue weighted by Crippen LogP contribution is 2.25. The van der Waals surface area contributed by atoms with E-state index in [1.807, 2.05) is 29.7 Å². The molecule has 0 radical (unpaired) electrons. The number of nitrogens with zero attached hydrogens (tertiary/aromatic N) is 3. The molecule has 20 heavy (non-hydrogen) atoms. The van der Waals surface area contributed by atoms with Crippen molar-refractivity contribution in [2.24, 2.45) is 0 Å². The number of rotatable bonds is 3. The summed E-state index contributed by atoms with van der Waals surface area (Å²) in [5.41, 5.74) is 4.69. The number of imidazole rings is 1. The van der Waals surface area contributed by atoms with E-state index in [2.05, 4.69) is 15.0 Å². The summed E-state index contributed by atoms with van der Waals surface area (Å²) < 4.78 is 2.39. The fraction of sp³-hybridized carbons (Fsp3) is 0.214. The minimum atomic E-state index is 0.0358. The lowest BCUT2D eigenvalue weighted by Gasteiger charge is -2.06. The van der Waals surface area contributed by atoms with Gasteiger partial charge in [-0.25, -0.2) is 4.98 Å². The molecule has 5 nitrogen and oxygen atoms in total. The third kappa shape index (κ3) is 2.13. The number of aromatic nitrogens is 4. The van der Waals surface area contributed by atoms with Crippen molar-refractivity contribution in [1.82, 2.24) is 19.5 Å². The maximum Gasteiger partial charge on any atom is 0.179 e. The Bertz CT molecular complexity index is 807. The third-order valence-electron chi connectivity index (χ3n) is 3.25. The van der Waals surface area contributed by atoms with Crippen LogP contribution in [-0.4, -0.2) is 31.2 Å². The highest BCUT2D eigenvalue weighted by atomic mass is 32.1. The van der Waals surface area contributed by atoms with Crippen molar-refractivity contribution in [3.8, 4) is 11.1 Å². The number of pyridine rings is 2. The summed E-state index contributed by atoms with van der Waals surface area (Å²) in [7, 11) is 0. The minimum absolute atomic E-state index is 0.0358. The van der Waals surface area contributed by atoms with E-state index in [0.29, 0.717) is 11.3 Å². The molecule has 0 amide bonds. The van der Waals surface area contributed by atoms with Crippen LogP contribution in [-0.2, 0) is 6.54 Å². The lowest BCUT2D eigenvalue weighted by atomic mass is 10.1. The first-order valence-electron chi connectivity index (χ1n) is 6.32. The van der Waals surface area contributed by atoms with Gasteiger partial charge in [0.2, 0.25) is 0 Å². The number of hydrogen-bond acceptors (Lipinski definition) is 4. The SMILES string of the molecule is Cc1nc2c(cc1-c1ccncc1)[nH]c(=S)n2CCO. The zero-order valence-corrected chi connectivity index (χ0v) is 11.8. The second-order valence-electron chi connectivity index (χ2n) is 4.53. The number of nitrogens with one attached hydrogen (secondary N) is 1. The fourth-order valence-corrected chi connectivity index (χ4v) is 2.59. The standard InChI is InChI=1S/C14H14N4OS/c1-9-11(10-2-4-15-5-3-10)8-12-13(16-9)18(6-7-19)14(20)17-12/h2-5,8,19H,6-7H2,1H3,(H,17,20). The highest BCUT2D eigenvalue weighted by Gasteiger charge is 2.10. The van der Waals surface area contributed by atoms with E-state index in [9.17, 15) is 0 Å². The third-order valence-corrected chi connectivity index (χ3v) is 3.57. The van der Waals surface area contributed by atoms with Crippen LogP contribution in [0.1, 0.15) is 5.69 Å². The fourth-order valence-electron chi connectivity index (χ4n) is 2.30. The van der Waals surface area contributed by atoms with Crippen LogP contribution >= 0.6 is 12.2 Å². The van der Waals surface area contributed by atoms with Gasteiger partial charge in [0, 0.05) is 23.7 Å². The number of H-pyrrole nitrogens is 1. The van der Waals surface area contributed by atoms with Crippen molar-refractivity contribution < 1.29 is 5.11 Å². The quantitative estimate of drug-likeness (QED) is 0.726. The molecule has 0 bridgehead atoms. The molecule has 0 unspecified atom stereocenters. The van der Waals surface area contributed by atoms with Crippen LogP contribution in [0.2, 0.25) is 0 Å². The van der Waals surface area contributed by atoms with Crippen molar-refractivity contribution in [3.05, 3.63) is 41.1 Å². The molecule has 6 heteroatoms. The number of hydrogen-bond donors (Lipinski definition) is 2. The van der Waals surface area contributed by atoms with Gasteiger partial charge in [0.25, 0.3) is 0 Å². The molecule has 3 aromatic rings. The Morgan fingerprint density at radius 3 is 2.80 bits per heavy atom. The number of aryl methyl sites for hydroxylation is 1. The Morgan fingerprint density at radius 1 is 1.35 bits per heavy atom. The van der Waals surface area contributed by atoms with E-state index in [4.69, 9.17) is 17.3 Å². The normalized spacial score (nSPS) is 11.1. The van der Waals surface area contributed by atoms with Crippen molar-refractivity contribution >= 4 is 23.4 Å². The largest absolute Gasteiger partial charge is 0.395 e. The molecule has 0 aromatic carbocycles. The van der Waals surface area contributed by atoms with Crippen molar-refractivity contribution in [1.29, 1.82) is 0 Å². The Hall–Kier alpha value is -2.05. The van der Waals surface area contributed by atoms with Crippen molar-refractivity contribution in [3.63, 3.8) is 0 Å². The van der Waals surface area contributed by atoms with Gasteiger partial charge in [0.1, 0.15) is 0 Å². The number of aliphatic hydroxyl groups is 1. The first-order valence-corrected chi connectivity index (χ1v) is 6.73. The average Bonchev–Trinajstić information content (AvgIpc) is 2.75. The Kier molecular flexibility index (Phi) is 3.33. The minimum Gasteiger partial charge on any atom is -0.395 e. The van der Waals surface area contributed by atoms with E-state index in [-0.39, 0.29) is 6.61 Å². The maximum absolute atomic E-state index is 9.11. The van der Waals surface area contributed by atoms with Crippen LogP contribution in [0.25, 0.3) is 22.3 Å². The summed E-state index contributed by atoms with van der Waals surface area (Å²) in [5.74, 6) is 0. The van der Waals surface area contributed by atoms with E-state index < -0.39 is 0 Å². The summed E-state index contributed by atoms with van der Waals surface area (Å²) in [5, 5.41) is 9.11. The Morgan fingerprint density at radius 2 is 2.10 bits per heavy atom. The number of aliphatic hydroxyl groups excluding tert-OH is 1. The second kappa shape index (κ2) is 5.15. The predicted octanol–water partition coefficient (Wildman–Crippen LogP) is 2.46. The molecule has 2 N–H and O–H groups in total. The van der Waals surface area contributed by atoms with Gasteiger partial charge >= 0.3 is 0 Å². The molecule has 102 valence electrons. The van der Waals surface area contributed by atoms with Gasteiger partial charge < -0.3 is 10.1 Å². The number of aromatic amines is 1. The van der Waals surface area contributed by atoms with Gasteiger partial charge in [-0.15, -0.1) is 0 Å². The molecule has 0 fully saturated rings. The molecule has 0 atom stereocenters. The van der Waals surface area contributed by atoms with E-state index in [0.717, 1.165) is 28.0 Å². The number of fused-ring (bicyclic) bond motifs is 1. The molecular formula is C14H14N4OS. The van der Waals surface area contributed by atoms with Gasteiger partial charge in [-0.2, -0.15) is 0 Å². The molecule has 3 aromatic heterocycles. The lowest BCUT2D eigenvalue weighted by Crippen LogP contribution is -2.03. The average molecular weight is 286 g/mol. The summed E-state index contributed by atoms with van der Waals surface area (Å²) in [6.45, 7) is 2.45. The van der Waals surface area contributed by atoms with E-state index in [1.165, 1.54) is 0 Å². The molecule has 0 saturated carbocycles. The van der Waals surface area contributed by atoms with Gasteiger partial charge in [-0.1, -0.05) is 0 Å².